The molecule has 2 aromatic heterocycles. The molecular formula is C8H8N2OS2. The van der Waals surface area contributed by atoms with E-state index in [1.165, 1.54) is 0 Å². The van der Waals surface area contributed by atoms with Gasteiger partial charge in [0.25, 0.3) is 5.89 Å². The molecule has 0 unspecified atom stereocenters. The van der Waals surface area contributed by atoms with Gasteiger partial charge in [-0.3, -0.25) is 0 Å². The second-order valence-corrected chi connectivity index (χ2v) is 4.11. The summed E-state index contributed by atoms with van der Waals surface area (Å²) in [5, 5.41) is 7.85. The topological polar surface area (TPSA) is 38.9 Å². The van der Waals surface area contributed by atoms with Crippen molar-refractivity contribution in [1.29, 1.82) is 0 Å². The SMILES string of the molecule is CSCc1noc(-c2ccsc2)n1. The van der Waals surface area contributed by atoms with Gasteiger partial charge in [0.1, 0.15) is 0 Å². The first-order valence-electron chi connectivity index (χ1n) is 3.74. The molecule has 0 aliphatic carbocycles. The van der Waals surface area contributed by atoms with Crippen LogP contribution in [-0.2, 0) is 5.75 Å². The monoisotopic (exact) mass is 212 g/mol. The Morgan fingerprint density at radius 1 is 1.62 bits per heavy atom. The van der Waals surface area contributed by atoms with Gasteiger partial charge in [-0.2, -0.15) is 28.1 Å². The lowest BCUT2D eigenvalue weighted by atomic mass is 10.3. The lowest BCUT2D eigenvalue weighted by molar-refractivity contribution is 0.425. The van der Waals surface area contributed by atoms with Gasteiger partial charge >= 0.3 is 0 Å². The van der Waals surface area contributed by atoms with E-state index in [1.807, 2.05) is 23.1 Å². The van der Waals surface area contributed by atoms with E-state index < -0.39 is 0 Å². The van der Waals surface area contributed by atoms with Gasteiger partial charge < -0.3 is 4.52 Å². The quantitative estimate of drug-likeness (QED) is 0.784. The van der Waals surface area contributed by atoms with Crippen molar-refractivity contribution in [3.63, 3.8) is 0 Å². The summed E-state index contributed by atoms with van der Waals surface area (Å²) in [6.45, 7) is 0. The highest BCUT2D eigenvalue weighted by Crippen LogP contribution is 2.20. The molecule has 68 valence electrons. The molecule has 2 rings (SSSR count). The Balaban J connectivity index is 2.23. The van der Waals surface area contributed by atoms with Crippen LogP contribution in [0.3, 0.4) is 0 Å². The molecule has 0 saturated carbocycles. The first-order valence-corrected chi connectivity index (χ1v) is 6.08. The first kappa shape index (κ1) is 8.77. The van der Waals surface area contributed by atoms with Gasteiger partial charge in [0.05, 0.1) is 11.3 Å². The summed E-state index contributed by atoms with van der Waals surface area (Å²) in [5.41, 5.74) is 1.00. The van der Waals surface area contributed by atoms with Crippen LogP contribution in [0.2, 0.25) is 0 Å². The molecule has 0 radical (unpaired) electrons. The van der Waals surface area contributed by atoms with Gasteiger partial charge in [0.15, 0.2) is 5.82 Å². The fraction of sp³-hybridized carbons (Fsp3) is 0.250. The molecule has 0 N–H and O–H groups in total. The Labute approximate surface area is 84.2 Å². The number of hydrogen-bond donors (Lipinski definition) is 0. The minimum Gasteiger partial charge on any atom is -0.334 e. The Morgan fingerprint density at radius 2 is 2.54 bits per heavy atom. The fourth-order valence-electron chi connectivity index (χ4n) is 0.945. The minimum atomic E-state index is 0.616. The van der Waals surface area contributed by atoms with Crippen LogP contribution in [-0.4, -0.2) is 16.4 Å². The third kappa shape index (κ3) is 1.92. The van der Waals surface area contributed by atoms with E-state index in [9.17, 15) is 0 Å². The molecule has 0 saturated heterocycles. The zero-order valence-corrected chi connectivity index (χ0v) is 8.69. The highest BCUT2D eigenvalue weighted by molar-refractivity contribution is 7.97. The zero-order valence-electron chi connectivity index (χ0n) is 7.06. The van der Waals surface area contributed by atoms with Gasteiger partial charge in [-0.1, -0.05) is 5.16 Å². The second-order valence-electron chi connectivity index (χ2n) is 2.46. The molecule has 3 nitrogen and oxygen atoms in total. The van der Waals surface area contributed by atoms with Crippen LogP contribution in [0.4, 0.5) is 0 Å². The molecule has 2 heterocycles. The molecule has 0 atom stereocenters. The van der Waals surface area contributed by atoms with Gasteiger partial charge in [0, 0.05) is 5.38 Å². The Kier molecular flexibility index (Phi) is 2.65. The molecular weight excluding hydrogens is 204 g/mol. The molecule has 0 amide bonds. The summed E-state index contributed by atoms with van der Waals surface area (Å²) in [4.78, 5) is 4.25. The van der Waals surface area contributed by atoms with E-state index in [0.717, 1.165) is 17.1 Å². The summed E-state index contributed by atoms with van der Waals surface area (Å²) in [5.74, 6) is 2.17. The second kappa shape index (κ2) is 3.93. The maximum atomic E-state index is 5.09. The van der Waals surface area contributed by atoms with Crippen molar-refractivity contribution in [2.75, 3.05) is 6.26 Å². The van der Waals surface area contributed by atoms with Crippen LogP contribution in [0.25, 0.3) is 11.5 Å². The van der Waals surface area contributed by atoms with Crippen LogP contribution in [0, 0.1) is 0 Å². The number of nitrogens with zero attached hydrogens (tertiary/aromatic N) is 2. The molecule has 0 aliphatic rings. The summed E-state index contributed by atoms with van der Waals surface area (Å²) < 4.78 is 5.09. The number of thiophene rings is 1. The van der Waals surface area contributed by atoms with E-state index in [-0.39, 0.29) is 0 Å². The molecule has 0 aromatic carbocycles. The van der Waals surface area contributed by atoms with E-state index in [0.29, 0.717) is 5.89 Å². The van der Waals surface area contributed by atoms with Crippen molar-refractivity contribution >= 4 is 23.1 Å². The third-order valence-electron chi connectivity index (χ3n) is 1.51. The Morgan fingerprint density at radius 3 is 3.23 bits per heavy atom. The van der Waals surface area contributed by atoms with E-state index in [2.05, 4.69) is 10.1 Å². The van der Waals surface area contributed by atoms with Crippen molar-refractivity contribution in [3.8, 4) is 11.5 Å². The van der Waals surface area contributed by atoms with Gasteiger partial charge in [-0.15, -0.1) is 0 Å². The smallest absolute Gasteiger partial charge is 0.258 e. The first-order chi connectivity index (χ1) is 6.40. The molecule has 0 spiro atoms. The van der Waals surface area contributed by atoms with Crippen LogP contribution < -0.4 is 0 Å². The third-order valence-corrected chi connectivity index (χ3v) is 2.74. The summed E-state index contributed by atoms with van der Waals surface area (Å²) in [6.07, 6.45) is 2.01. The molecule has 5 heteroatoms. The normalized spacial score (nSPS) is 10.5. The van der Waals surface area contributed by atoms with E-state index in [4.69, 9.17) is 4.52 Å². The number of hydrogen-bond acceptors (Lipinski definition) is 5. The predicted molar refractivity (Wildman–Crippen MR) is 54.8 cm³/mol. The molecule has 13 heavy (non-hydrogen) atoms. The zero-order chi connectivity index (χ0) is 9.10. The summed E-state index contributed by atoms with van der Waals surface area (Å²) >= 11 is 3.31. The average molecular weight is 212 g/mol. The van der Waals surface area contributed by atoms with Crippen LogP contribution in [0.15, 0.2) is 21.3 Å². The molecule has 0 aliphatic heterocycles. The van der Waals surface area contributed by atoms with E-state index >= 15 is 0 Å². The largest absolute Gasteiger partial charge is 0.334 e. The number of thioether (sulfide) groups is 1. The summed E-state index contributed by atoms with van der Waals surface area (Å²) in [7, 11) is 0. The van der Waals surface area contributed by atoms with Gasteiger partial charge in [-0.05, 0) is 17.7 Å². The Hall–Kier alpha value is -0.810. The number of aromatic nitrogens is 2. The molecule has 2 aromatic rings. The van der Waals surface area contributed by atoms with E-state index in [1.54, 1.807) is 23.1 Å². The summed E-state index contributed by atoms with van der Waals surface area (Å²) in [6, 6.07) is 1.97. The fourth-order valence-corrected chi connectivity index (χ4v) is 1.95. The van der Waals surface area contributed by atoms with Crippen molar-refractivity contribution in [2.24, 2.45) is 0 Å². The van der Waals surface area contributed by atoms with Crippen LogP contribution in [0.5, 0.6) is 0 Å². The lowest BCUT2D eigenvalue weighted by Gasteiger charge is -1.84. The average Bonchev–Trinajstić information content (AvgIpc) is 2.70. The lowest BCUT2D eigenvalue weighted by Crippen LogP contribution is -1.81. The molecule has 0 bridgehead atoms. The Bertz CT molecular complexity index is 369. The van der Waals surface area contributed by atoms with Crippen molar-refractivity contribution < 1.29 is 4.52 Å². The number of rotatable bonds is 3. The molecule has 0 fully saturated rings. The van der Waals surface area contributed by atoms with Gasteiger partial charge in [-0.25, -0.2) is 0 Å². The standard InChI is InChI=1S/C8H8N2OS2/c1-12-5-7-9-8(11-10-7)6-2-3-13-4-6/h2-4H,5H2,1H3. The van der Waals surface area contributed by atoms with Crippen LogP contribution >= 0.6 is 23.1 Å². The van der Waals surface area contributed by atoms with Gasteiger partial charge in [0.2, 0.25) is 0 Å². The van der Waals surface area contributed by atoms with Crippen molar-refractivity contribution in [2.45, 2.75) is 5.75 Å². The maximum Gasteiger partial charge on any atom is 0.258 e. The minimum absolute atomic E-state index is 0.616. The maximum absolute atomic E-state index is 5.09. The highest BCUT2D eigenvalue weighted by atomic mass is 32.2. The van der Waals surface area contributed by atoms with Crippen molar-refractivity contribution in [3.05, 3.63) is 22.7 Å². The highest BCUT2D eigenvalue weighted by Gasteiger charge is 2.07. The van der Waals surface area contributed by atoms with Crippen LogP contribution in [0.1, 0.15) is 5.82 Å². The predicted octanol–water partition coefficient (Wildman–Crippen LogP) is 2.66. The van der Waals surface area contributed by atoms with Crippen molar-refractivity contribution in [1.82, 2.24) is 10.1 Å².